The van der Waals surface area contributed by atoms with E-state index >= 15 is 0 Å². The van der Waals surface area contributed by atoms with Crippen molar-refractivity contribution in [1.29, 1.82) is 0 Å². The first-order valence-electron chi connectivity index (χ1n) is 22.7. The van der Waals surface area contributed by atoms with Crippen LogP contribution in [0.15, 0.2) is 12.1 Å². The van der Waals surface area contributed by atoms with E-state index in [1.54, 1.807) is 46.8 Å². The molecule has 20 atom stereocenters. The van der Waals surface area contributed by atoms with Crippen molar-refractivity contribution in [2.24, 2.45) is 5.92 Å². The molecule has 370 valence electrons. The van der Waals surface area contributed by atoms with Gasteiger partial charge in [0.2, 0.25) is 0 Å². The van der Waals surface area contributed by atoms with Gasteiger partial charge in [0.05, 0.1) is 65.4 Å². The molecule has 4 saturated heterocycles. The molecule has 5 unspecified atom stereocenters. The number of hydrogen-bond acceptors (Lipinski definition) is 20. The molecular weight excluding hydrogens is 872 g/mol. The van der Waals surface area contributed by atoms with Gasteiger partial charge in [-0.25, -0.2) is 0 Å². The zero-order chi connectivity index (χ0) is 48.3. The molecule has 20 heteroatoms. The number of methoxy groups -OCH3 is 1. The highest BCUT2D eigenvalue weighted by Crippen LogP contribution is 2.47. The summed E-state index contributed by atoms with van der Waals surface area (Å²) >= 11 is 0. The molecule has 0 bridgehead atoms. The molecule has 2 aromatic carbocycles. The highest BCUT2D eigenvalue weighted by molar-refractivity contribution is 6.11. The van der Waals surface area contributed by atoms with Gasteiger partial charge in [0.15, 0.2) is 36.7 Å². The van der Waals surface area contributed by atoms with Gasteiger partial charge < -0.3 is 88.6 Å². The zero-order valence-electron chi connectivity index (χ0n) is 38.4. The van der Waals surface area contributed by atoms with Gasteiger partial charge in [-0.05, 0) is 84.4 Å². The zero-order valence-corrected chi connectivity index (χ0v) is 38.4. The van der Waals surface area contributed by atoms with Crippen molar-refractivity contribution in [2.45, 2.75) is 203 Å². The first-order chi connectivity index (χ1) is 31.0. The van der Waals surface area contributed by atoms with Crippen molar-refractivity contribution < 1.29 is 98.2 Å². The summed E-state index contributed by atoms with van der Waals surface area (Å²) in [5.41, 5.74) is -1.23. The number of phenols is 2. The number of carbonyl (C=O) groups excluding carboxylic acids is 2. The largest absolute Gasteiger partial charge is 0.507 e. The van der Waals surface area contributed by atoms with E-state index in [9.17, 15) is 55.5 Å². The summed E-state index contributed by atoms with van der Waals surface area (Å²) in [5, 5.41) is 98.2. The number of ketones is 2. The van der Waals surface area contributed by atoms with Crippen molar-refractivity contribution in [3.05, 3.63) is 28.8 Å². The molecule has 1 aliphatic carbocycles. The van der Waals surface area contributed by atoms with Crippen LogP contribution in [0.3, 0.4) is 0 Å². The number of aromatic hydroxyl groups is 2. The summed E-state index contributed by atoms with van der Waals surface area (Å²) in [6.07, 6.45) is -19.5. The lowest BCUT2D eigenvalue weighted by Crippen LogP contribution is -2.58. The molecule has 7 rings (SSSR count). The second-order valence-corrected chi connectivity index (χ2v) is 18.9. The summed E-state index contributed by atoms with van der Waals surface area (Å²) in [6, 6.07) is 3.15. The summed E-state index contributed by atoms with van der Waals surface area (Å²) in [5.74, 6) is -3.64. The highest BCUT2D eigenvalue weighted by Gasteiger charge is 2.51. The molecule has 2 aromatic rings. The van der Waals surface area contributed by atoms with Gasteiger partial charge in [0, 0.05) is 44.3 Å². The van der Waals surface area contributed by atoms with Crippen LogP contribution in [0.25, 0.3) is 10.8 Å². The monoisotopic (exact) mass is 938 g/mol. The van der Waals surface area contributed by atoms with Crippen LogP contribution in [-0.4, -0.2) is 181 Å². The third kappa shape index (κ3) is 10.1. The molecule has 4 fully saturated rings. The van der Waals surface area contributed by atoms with Crippen LogP contribution in [-0.2, 0) is 49.1 Å². The Morgan fingerprint density at radius 1 is 0.803 bits per heavy atom. The number of phenolic OH excluding ortho intramolecular Hbond substituents is 2. The maximum Gasteiger partial charge on any atom is 0.200 e. The number of aliphatic hydroxyl groups excluding tert-OH is 6. The van der Waals surface area contributed by atoms with Crippen LogP contribution in [0.5, 0.6) is 17.2 Å². The van der Waals surface area contributed by atoms with Gasteiger partial charge in [0.1, 0.15) is 53.9 Å². The molecule has 4 heterocycles. The van der Waals surface area contributed by atoms with E-state index in [1.807, 2.05) is 0 Å². The number of rotatable bonds is 13. The average molecular weight is 939 g/mol. The Morgan fingerprint density at radius 3 is 1.95 bits per heavy atom. The van der Waals surface area contributed by atoms with Gasteiger partial charge in [-0.15, -0.1) is 0 Å². The fraction of sp³-hybridized carbons (Fsp3) is 0.739. The van der Waals surface area contributed by atoms with E-state index in [4.69, 9.17) is 42.6 Å². The minimum absolute atomic E-state index is 0.0392. The van der Waals surface area contributed by atoms with Crippen LogP contribution in [0, 0.1) is 12.8 Å². The third-order valence-corrected chi connectivity index (χ3v) is 13.8. The normalized spacial score (nSPS) is 40.1. The first kappa shape index (κ1) is 50.7. The second-order valence-electron chi connectivity index (χ2n) is 18.9. The van der Waals surface area contributed by atoms with Crippen LogP contribution in [0.1, 0.15) is 95.1 Å². The van der Waals surface area contributed by atoms with Crippen LogP contribution in [0.4, 0.5) is 0 Å². The maximum absolute atomic E-state index is 14.8. The molecule has 5 aliphatic rings. The predicted molar refractivity (Wildman–Crippen MR) is 227 cm³/mol. The minimum atomic E-state index is -1.90. The summed E-state index contributed by atoms with van der Waals surface area (Å²) in [7, 11) is 1.20. The van der Waals surface area contributed by atoms with Gasteiger partial charge in [-0.3, -0.25) is 9.59 Å². The lowest BCUT2D eigenvalue weighted by Gasteiger charge is -2.46. The number of ether oxygens (including phenoxy) is 9. The number of carbonyl (C=O) groups is 2. The van der Waals surface area contributed by atoms with Crippen molar-refractivity contribution in [3.63, 3.8) is 0 Å². The lowest BCUT2D eigenvalue weighted by atomic mass is 9.75. The third-order valence-electron chi connectivity index (χ3n) is 13.8. The molecule has 20 nitrogen and oxygen atoms in total. The number of aliphatic hydroxyl groups is 7. The number of benzene rings is 2. The Kier molecular flexibility index (Phi) is 15.4. The van der Waals surface area contributed by atoms with Crippen LogP contribution < -0.4 is 4.74 Å². The van der Waals surface area contributed by atoms with Gasteiger partial charge in [-0.1, -0.05) is 0 Å². The Morgan fingerprint density at radius 2 is 1.38 bits per heavy atom. The molecule has 0 spiro atoms. The van der Waals surface area contributed by atoms with Crippen molar-refractivity contribution in [2.75, 3.05) is 7.11 Å². The Bertz CT molecular complexity index is 2060. The van der Waals surface area contributed by atoms with Crippen molar-refractivity contribution in [3.8, 4) is 17.2 Å². The van der Waals surface area contributed by atoms with E-state index in [2.05, 4.69) is 0 Å². The summed E-state index contributed by atoms with van der Waals surface area (Å²) < 4.78 is 54.2. The molecule has 0 saturated carbocycles. The van der Waals surface area contributed by atoms with E-state index in [0.717, 1.165) is 0 Å². The molecular formula is C46H66O20. The van der Waals surface area contributed by atoms with Gasteiger partial charge >= 0.3 is 0 Å². The number of hydrogen-bond donors (Lipinski definition) is 9. The van der Waals surface area contributed by atoms with E-state index < -0.39 is 139 Å². The topological polar surface area (TPSA) is 299 Å². The Hall–Kier alpha value is -3.16. The molecule has 9 N–H and O–H groups in total. The first-order valence-corrected chi connectivity index (χ1v) is 22.7. The number of fused-ring (bicyclic) bond motifs is 2. The minimum Gasteiger partial charge on any atom is -0.507 e. The van der Waals surface area contributed by atoms with Gasteiger partial charge in [0.25, 0.3) is 0 Å². The van der Waals surface area contributed by atoms with Crippen molar-refractivity contribution >= 4 is 22.3 Å². The molecule has 66 heavy (non-hydrogen) atoms. The quantitative estimate of drug-likeness (QED) is 0.135. The Balaban J connectivity index is 1.15. The standard InChI is InChI=1S/C46H66O20/c1-17-27(63-30-10-9-26(48)19(3)59-30)13-24-11-23-12-25(43(58-8)42(55)37(50)18(2)47)44(41(54)35(23)40(53)34(24)36(17)49)66-32-15-28(38(51)21(5)61-32)64-31-14-29(39(52)20(4)60-31)65-33-16-46(7,57)45(56)22(6)62-33/h11,13,18-22,25-26,28-33,37-39,43-45,47-53,56-57H,9-10,12,14-16H2,1-8H3/t18-,19?,20?,21?,22?,25+,26+,28-,29-,30+,31+,32+,33+,37+,38-,39-,43+,44+,45-,46?/m1/s1. The van der Waals surface area contributed by atoms with E-state index in [1.165, 1.54) is 21.0 Å². The van der Waals surface area contributed by atoms with E-state index in [0.29, 0.717) is 12.8 Å². The molecule has 0 radical (unpaired) electrons. The predicted octanol–water partition coefficient (Wildman–Crippen LogP) is 0.899. The smallest absolute Gasteiger partial charge is 0.200 e. The SMILES string of the molecule is CO[C@H](C(=O)[C@@H](O)[C@@H](C)O)[C@@H]1Cc2cc3cc(O[C@H]4CC[C@H](O)C(C)O4)c(C)c(O)c3c(O)c2C(=O)[C@H]1O[C@H]1C[C@@H](O[C@H]2C[C@@H](O[C@H]3CC(C)(O)[C@H](O)C(C)O3)[C@H](O)C(C)O2)[C@H](O)C(C)O1. The van der Waals surface area contributed by atoms with E-state index in [-0.39, 0.29) is 64.6 Å². The highest BCUT2D eigenvalue weighted by atomic mass is 16.7. The number of Topliss-reactive ketones (excluding diaryl/α,β-unsaturated/α-hetero) is 2. The fourth-order valence-corrected chi connectivity index (χ4v) is 9.84. The lowest BCUT2D eigenvalue weighted by molar-refractivity contribution is -0.334. The maximum atomic E-state index is 14.8. The second kappa shape index (κ2) is 20.1. The van der Waals surface area contributed by atoms with Crippen LogP contribution in [0.2, 0.25) is 0 Å². The molecule has 0 amide bonds. The average Bonchev–Trinajstić information content (AvgIpc) is 3.24. The molecule has 0 aromatic heterocycles. The molecule has 4 aliphatic heterocycles. The summed E-state index contributed by atoms with van der Waals surface area (Å²) in [4.78, 5) is 28.6. The Labute approximate surface area is 382 Å². The summed E-state index contributed by atoms with van der Waals surface area (Å²) in [6.45, 7) is 10.7. The fourth-order valence-electron chi connectivity index (χ4n) is 9.84. The van der Waals surface area contributed by atoms with Crippen LogP contribution >= 0.6 is 0 Å². The van der Waals surface area contributed by atoms with Crippen molar-refractivity contribution in [1.82, 2.24) is 0 Å². The van der Waals surface area contributed by atoms with Gasteiger partial charge in [-0.2, -0.15) is 0 Å².